The highest BCUT2D eigenvalue weighted by Gasteiger charge is 2.37. The molecule has 4 nitrogen and oxygen atoms in total. The zero-order valence-corrected chi connectivity index (χ0v) is 9.79. The Balaban J connectivity index is 2.03. The summed E-state index contributed by atoms with van der Waals surface area (Å²) in [6, 6.07) is 0.0327. The van der Waals surface area contributed by atoms with Gasteiger partial charge in [-0.3, -0.25) is 9.69 Å². The van der Waals surface area contributed by atoms with E-state index < -0.39 is 9.84 Å². The maximum Gasteiger partial charge on any atom is 0.151 e. The van der Waals surface area contributed by atoms with Gasteiger partial charge < -0.3 is 0 Å². The van der Waals surface area contributed by atoms with Crippen LogP contribution >= 0.6 is 0 Å². The minimum atomic E-state index is -2.84. The van der Waals surface area contributed by atoms with E-state index in [4.69, 9.17) is 0 Å². The average molecular weight is 231 g/mol. The van der Waals surface area contributed by atoms with Gasteiger partial charge in [-0.05, 0) is 26.3 Å². The zero-order chi connectivity index (χ0) is 11.1. The van der Waals surface area contributed by atoms with Crippen molar-refractivity contribution < 1.29 is 13.2 Å². The highest BCUT2D eigenvalue weighted by Crippen LogP contribution is 2.25. The van der Waals surface area contributed by atoms with Crippen molar-refractivity contribution in [2.45, 2.75) is 37.8 Å². The smallest absolute Gasteiger partial charge is 0.151 e. The van der Waals surface area contributed by atoms with E-state index in [0.29, 0.717) is 12.8 Å². The third kappa shape index (κ3) is 2.23. The van der Waals surface area contributed by atoms with Crippen LogP contribution in [0.3, 0.4) is 0 Å². The first-order valence-corrected chi connectivity index (χ1v) is 7.27. The molecule has 5 heteroatoms. The fraction of sp³-hybridized carbons (Fsp3) is 0.900. The number of carbonyl (C=O) groups is 1. The van der Waals surface area contributed by atoms with E-state index in [1.165, 1.54) is 0 Å². The molecule has 2 atom stereocenters. The Morgan fingerprint density at radius 2 is 2.07 bits per heavy atom. The van der Waals surface area contributed by atoms with Crippen molar-refractivity contribution in [1.82, 2.24) is 4.90 Å². The van der Waals surface area contributed by atoms with Crippen molar-refractivity contribution in [1.29, 1.82) is 0 Å². The van der Waals surface area contributed by atoms with Crippen molar-refractivity contribution in [3.8, 4) is 0 Å². The summed E-state index contributed by atoms with van der Waals surface area (Å²) in [5, 5.41) is 0. The van der Waals surface area contributed by atoms with Crippen molar-refractivity contribution in [3.05, 3.63) is 0 Å². The average Bonchev–Trinajstić information content (AvgIpc) is 2.71. The van der Waals surface area contributed by atoms with Crippen molar-refractivity contribution in [3.63, 3.8) is 0 Å². The number of rotatable bonds is 2. The molecule has 2 fully saturated rings. The molecule has 0 spiro atoms. The quantitative estimate of drug-likeness (QED) is 0.682. The number of nitrogens with zero attached hydrogens (tertiary/aromatic N) is 1. The summed E-state index contributed by atoms with van der Waals surface area (Å²) >= 11 is 0. The lowest BCUT2D eigenvalue weighted by molar-refractivity contribution is -0.122. The van der Waals surface area contributed by atoms with E-state index in [0.717, 1.165) is 12.8 Å². The van der Waals surface area contributed by atoms with Crippen LogP contribution in [0.1, 0.15) is 25.7 Å². The van der Waals surface area contributed by atoms with E-state index in [-0.39, 0.29) is 29.4 Å². The van der Waals surface area contributed by atoms with Crippen LogP contribution in [0.2, 0.25) is 0 Å². The first-order chi connectivity index (χ1) is 6.99. The summed E-state index contributed by atoms with van der Waals surface area (Å²) in [6.07, 6.45) is 3.19. The zero-order valence-electron chi connectivity index (χ0n) is 8.98. The number of sulfone groups is 1. The van der Waals surface area contributed by atoms with Gasteiger partial charge >= 0.3 is 0 Å². The van der Waals surface area contributed by atoms with Gasteiger partial charge in [0.2, 0.25) is 0 Å². The molecule has 1 aliphatic heterocycles. The second-order valence-corrected chi connectivity index (χ2v) is 6.83. The SMILES string of the molecule is CN(C1CCS(=O)(=O)C1)C1CCCC1=O. The lowest BCUT2D eigenvalue weighted by atomic mass is 10.1. The first-order valence-electron chi connectivity index (χ1n) is 5.45. The third-order valence-corrected chi connectivity index (χ3v) is 5.30. The van der Waals surface area contributed by atoms with Crippen LogP contribution in [0.15, 0.2) is 0 Å². The van der Waals surface area contributed by atoms with Gasteiger partial charge in [-0.2, -0.15) is 0 Å². The van der Waals surface area contributed by atoms with Crippen LogP contribution < -0.4 is 0 Å². The molecule has 0 radical (unpaired) electrons. The largest absolute Gasteiger partial charge is 0.298 e. The Bertz CT molecular complexity index is 363. The lowest BCUT2D eigenvalue weighted by Gasteiger charge is -2.28. The van der Waals surface area contributed by atoms with Crippen LogP contribution in [0.4, 0.5) is 0 Å². The summed E-state index contributed by atoms with van der Waals surface area (Å²) in [6.45, 7) is 0. The molecule has 0 aromatic rings. The Hall–Kier alpha value is -0.420. The van der Waals surface area contributed by atoms with Crippen LogP contribution in [0.25, 0.3) is 0 Å². The minimum Gasteiger partial charge on any atom is -0.298 e. The lowest BCUT2D eigenvalue weighted by Crippen LogP contribution is -2.43. The minimum absolute atomic E-state index is 0.0247. The van der Waals surface area contributed by atoms with Gasteiger partial charge in [0, 0.05) is 12.5 Å². The molecule has 86 valence electrons. The van der Waals surface area contributed by atoms with Gasteiger partial charge in [-0.25, -0.2) is 8.42 Å². The Morgan fingerprint density at radius 1 is 1.33 bits per heavy atom. The molecular formula is C10H17NO3S. The van der Waals surface area contributed by atoms with Crippen LogP contribution in [0.5, 0.6) is 0 Å². The fourth-order valence-electron chi connectivity index (χ4n) is 2.58. The molecular weight excluding hydrogens is 214 g/mol. The normalized spacial score (nSPS) is 35.2. The topological polar surface area (TPSA) is 54.5 Å². The van der Waals surface area contributed by atoms with Crippen molar-refractivity contribution >= 4 is 15.6 Å². The number of likely N-dealkylation sites (N-methyl/N-ethyl adjacent to an activating group) is 1. The Morgan fingerprint density at radius 3 is 2.53 bits per heavy atom. The summed E-state index contributed by atoms with van der Waals surface area (Å²) in [5.74, 6) is 0.790. The molecule has 15 heavy (non-hydrogen) atoms. The molecule has 0 aromatic carbocycles. The molecule has 1 saturated heterocycles. The maximum absolute atomic E-state index is 11.5. The van der Waals surface area contributed by atoms with Crippen LogP contribution in [-0.4, -0.2) is 49.7 Å². The number of hydrogen-bond donors (Lipinski definition) is 0. The molecule has 0 bridgehead atoms. The number of Topliss-reactive ketones (excluding diaryl/α,β-unsaturated/α-hetero) is 1. The number of ketones is 1. The molecule has 0 amide bonds. The molecule has 0 aromatic heterocycles. The predicted molar refractivity (Wildman–Crippen MR) is 57.5 cm³/mol. The van der Waals surface area contributed by atoms with Crippen LogP contribution in [0, 0.1) is 0 Å². The van der Waals surface area contributed by atoms with Gasteiger partial charge in [0.25, 0.3) is 0 Å². The third-order valence-electron chi connectivity index (χ3n) is 3.55. The summed E-state index contributed by atoms with van der Waals surface area (Å²) < 4.78 is 22.7. The van der Waals surface area contributed by atoms with Gasteiger partial charge in [0.1, 0.15) is 5.78 Å². The molecule has 1 heterocycles. The summed E-state index contributed by atoms with van der Waals surface area (Å²) in [7, 11) is -0.952. The maximum atomic E-state index is 11.5. The molecule has 2 unspecified atom stereocenters. The molecule has 1 saturated carbocycles. The van der Waals surface area contributed by atoms with E-state index in [1.54, 1.807) is 0 Å². The Labute approximate surface area is 90.6 Å². The van der Waals surface area contributed by atoms with E-state index in [2.05, 4.69) is 0 Å². The fourth-order valence-corrected chi connectivity index (χ4v) is 4.36. The molecule has 0 N–H and O–H groups in total. The second kappa shape index (κ2) is 3.87. The van der Waals surface area contributed by atoms with Gasteiger partial charge in [0.05, 0.1) is 17.5 Å². The molecule has 1 aliphatic carbocycles. The molecule has 2 aliphatic rings. The highest BCUT2D eigenvalue weighted by atomic mass is 32.2. The summed E-state index contributed by atoms with van der Waals surface area (Å²) in [5.41, 5.74) is 0. The van der Waals surface area contributed by atoms with E-state index >= 15 is 0 Å². The van der Waals surface area contributed by atoms with Crippen molar-refractivity contribution in [2.24, 2.45) is 0 Å². The van der Waals surface area contributed by atoms with E-state index in [1.807, 2.05) is 11.9 Å². The first kappa shape index (κ1) is 11.1. The molecule has 2 rings (SSSR count). The standard InChI is InChI=1S/C10H17NO3S/c1-11(9-3-2-4-10(9)12)8-5-6-15(13,14)7-8/h8-9H,2-7H2,1H3. The van der Waals surface area contributed by atoms with Gasteiger partial charge in [-0.15, -0.1) is 0 Å². The van der Waals surface area contributed by atoms with Crippen molar-refractivity contribution in [2.75, 3.05) is 18.6 Å². The van der Waals surface area contributed by atoms with Gasteiger partial charge in [-0.1, -0.05) is 0 Å². The number of hydrogen-bond acceptors (Lipinski definition) is 4. The van der Waals surface area contributed by atoms with Crippen LogP contribution in [-0.2, 0) is 14.6 Å². The Kier molecular flexibility index (Phi) is 2.85. The highest BCUT2D eigenvalue weighted by molar-refractivity contribution is 7.91. The van der Waals surface area contributed by atoms with Gasteiger partial charge in [0.15, 0.2) is 9.84 Å². The second-order valence-electron chi connectivity index (χ2n) is 4.60. The predicted octanol–water partition coefficient (Wildman–Crippen LogP) is 0.227. The number of carbonyl (C=O) groups excluding carboxylic acids is 1. The monoisotopic (exact) mass is 231 g/mol. The van der Waals surface area contributed by atoms with E-state index in [9.17, 15) is 13.2 Å². The summed E-state index contributed by atoms with van der Waals surface area (Å²) in [4.78, 5) is 13.5.